The molecule has 1 heterocycles. The predicted molar refractivity (Wildman–Crippen MR) is 129 cm³/mol. The summed E-state index contributed by atoms with van der Waals surface area (Å²) < 4.78 is 3.15. The highest BCUT2D eigenvalue weighted by atomic mass is 79.9. The molecule has 8 heteroatoms. The van der Waals surface area contributed by atoms with Gasteiger partial charge in [-0.25, -0.2) is 4.98 Å². The normalized spacial score (nSPS) is 11.6. The number of thioether (sulfide) groups is 1. The zero-order valence-corrected chi connectivity index (χ0v) is 19.5. The van der Waals surface area contributed by atoms with Crippen LogP contribution >= 0.6 is 62.2 Å². The first-order valence-corrected chi connectivity index (χ1v) is 11.8. The summed E-state index contributed by atoms with van der Waals surface area (Å²) in [5, 5.41) is 10.7. The summed E-state index contributed by atoms with van der Waals surface area (Å²) in [5.41, 5.74) is 3.43. The van der Waals surface area contributed by atoms with Gasteiger partial charge < -0.3 is 5.11 Å². The van der Waals surface area contributed by atoms with Crippen LogP contribution in [0.15, 0.2) is 68.4 Å². The predicted octanol–water partition coefficient (Wildman–Crippen LogP) is 8.11. The van der Waals surface area contributed by atoms with Crippen LogP contribution in [-0.4, -0.2) is 16.3 Å². The third-order valence-electron chi connectivity index (χ3n) is 4.04. The Kier molecular flexibility index (Phi) is 6.47. The summed E-state index contributed by atoms with van der Waals surface area (Å²) in [5.74, 6) is 0.831. The minimum atomic E-state index is -0.0367. The Hall–Kier alpha value is -1.57. The maximum absolute atomic E-state index is 10.0. The van der Waals surface area contributed by atoms with E-state index in [-0.39, 0.29) is 10.8 Å². The molecule has 146 valence electrons. The van der Waals surface area contributed by atoms with E-state index < -0.39 is 0 Å². The summed E-state index contributed by atoms with van der Waals surface area (Å²) in [6.45, 7) is 0. The Morgan fingerprint density at radius 2 is 1.90 bits per heavy atom. The summed E-state index contributed by atoms with van der Waals surface area (Å²) >= 11 is 18.8. The summed E-state index contributed by atoms with van der Waals surface area (Å²) in [7, 11) is 0. The minimum Gasteiger partial charge on any atom is -0.506 e. The number of hydrogen-bond acceptors (Lipinski definition) is 5. The van der Waals surface area contributed by atoms with E-state index in [0.717, 1.165) is 30.5 Å². The van der Waals surface area contributed by atoms with Crippen LogP contribution in [0.25, 0.3) is 10.2 Å². The number of phenolic OH excluding ortho intramolecular Hbond substituents is 1. The maximum atomic E-state index is 10.0. The van der Waals surface area contributed by atoms with Gasteiger partial charge in [0.15, 0.2) is 4.34 Å². The maximum Gasteiger partial charge on any atom is 0.151 e. The smallest absolute Gasteiger partial charge is 0.151 e. The van der Waals surface area contributed by atoms with Crippen molar-refractivity contribution in [2.24, 2.45) is 4.99 Å². The summed E-state index contributed by atoms with van der Waals surface area (Å²) in [4.78, 5) is 9.13. The number of aliphatic imine (C=N–C) groups is 1. The molecular weight excluding hydrogens is 511 g/mol. The van der Waals surface area contributed by atoms with Crippen molar-refractivity contribution >= 4 is 84.3 Å². The molecule has 29 heavy (non-hydrogen) atoms. The van der Waals surface area contributed by atoms with Gasteiger partial charge in [0, 0.05) is 27.0 Å². The Morgan fingerprint density at radius 1 is 1.10 bits per heavy atom. The van der Waals surface area contributed by atoms with Crippen LogP contribution in [-0.2, 0) is 5.75 Å². The number of aromatic nitrogens is 1. The van der Waals surface area contributed by atoms with Gasteiger partial charge in [-0.15, -0.1) is 11.3 Å². The van der Waals surface area contributed by atoms with Crippen molar-refractivity contribution < 1.29 is 5.11 Å². The molecule has 0 saturated heterocycles. The molecule has 0 spiro atoms. The lowest BCUT2D eigenvalue weighted by molar-refractivity contribution is 0.475. The fraction of sp³-hybridized carbons (Fsp3) is 0.0476. The molecule has 3 nitrogen and oxygen atoms in total. The first-order chi connectivity index (χ1) is 14.0. The average molecular weight is 524 g/mol. The number of rotatable bonds is 5. The van der Waals surface area contributed by atoms with E-state index >= 15 is 0 Å². The number of nitrogens with zero attached hydrogens (tertiary/aromatic N) is 2. The quantitative estimate of drug-likeness (QED) is 0.212. The van der Waals surface area contributed by atoms with Gasteiger partial charge in [-0.05, 0) is 48.0 Å². The highest BCUT2D eigenvalue weighted by molar-refractivity contribution is 9.10. The van der Waals surface area contributed by atoms with E-state index in [9.17, 15) is 5.11 Å². The second kappa shape index (κ2) is 9.06. The Morgan fingerprint density at radius 3 is 2.69 bits per heavy atom. The van der Waals surface area contributed by atoms with Gasteiger partial charge >= 0.3 is 0 Å². The van der Waals surface area contributed by atoms with E-state index in [4.69, 9.17) is 23.2 Å². The number of thiazole rings is 1. The molecular formula is C21H13BrCl2N2OS2. The Bertz CT molecular complexity index is 1210. The van der Waals surface area contributed by atoms with E-state index in [1.54, 1.807) is 35.4 Å². The van der Waals surface area contributed by atoms with E-state index in [2.05, 4.69) is 38.0 Å². The first-order valence-electron chi connectivity index (χ1n) is 8.48. The van der Waals surface area contributed by atoms with Crippen LogP contribution in [0, 0.1) is 0 Å². The third-order valence-corrected chi connectivity index (χ3v) is 7.31. The fourth-order valence-corrected chi connectivity index (χ4v) is 5.42. The molecule has 1 aromatic heterocycles. The topological polar surface area (TPSA) is 45.5 Å². The Labute approximate surface area is 194 Å². The molecule has 0 aliphatic heterocycles. The number of fused-ring (bicyclic) bond motifs is 1. The van der Waals surface area contributed by atoms with Crippen LogP contribution in [0.3, 0.4) is 0 Å². The van der Waals surface area contributed by atoms with Crippen LogP contribution < -0.4 is 0 Å². The second-order valence-corrected chi connectivity index (χ2v) is 10.1. The monoisotopic (exact) mass is 522 g/mol. The van der Waals surface area contributed by atoms with Crippen molar-refractivity contribution in [1.82, 2.24) is 4.98 Å². The van der Waals surface area contributed by atoms with Gasteiger partial charge in [0.05, 0.1) is 20.9 Å². The Balaban J connectivity index is 1.51. The second-order valence-electron chi connectivity index (χ2n) is 6.13. The lowest BCUT2D eigenvalue weighted by Crippen LogP contribution is -1.83. The highest BCUT2D eigenvalue weighted by Crippen LogP contribution is 2.34. The molecule has 0 unspecified atom stereocenters. The van der Waals surface area contributed by atoms with Gasteiger partial charge in [-0.3, -0.25) is 4.99 Å². The van der Waals surface area contributed by atoms with Crippen LogP contribution in [0.2, 0.25) is 10.0 Å². The number of phenols is 1. The molecule has 3 aromatic carbocycles. The molecule has 0 amide bonds. The number of halogens is 3. The van der Waals surface area contributed by atoms with Gasteiger partial charge in [0.1, 0.15) is 5.75 Å². The van der Waals surface area contributed by atoms with Gasteiger partial charge in [-0.2, -0.15) is 0 Å². The van der Waals surface area contributed by atoms with Crippen molar-refractivity contribution in [2.75, 3.05) is 0 Å². The number of hydrogen-bond donors (Lipinski definition) is 1. The zero-order valence-electron chi connectivity index (χ0n) is 14.8. The van der Waals surface area contributed by atoms with Crippen molar-refractivity contribution in [1.29, 1.82) is 0 Å². The molecule has 0 aliphatic carbocycles. The number of aromatic hydroxyl groups is 1. The van der Waals surface area contributed by atoms with E-state index in [1.807, 2.05) is 30.3 Å². The molecule has 0 fully saturated rings. The molecule has 0 atom stereocenters. The van der Waals surface area contributed by atoms with Crippen molar-refractivity contribution in [3.05, 3.63) is 80.2 Å². The van der Waals surface area contributed by atoms with Crippen molar-refractivity contribution in [2.45, 2.75) is 10.1 Å². The molecule has 4 rings (SSSR count). The molecule has 0 bridgehead atoms. The van der Waals surface area contributed by atoms with Crippen LogP contribution in [0.1, 0.15) is 11.1 Å². The fourth-order valence-electron chi connectivity index (χ4n) is 2.59. The average Bonchev–Trinajstić information content (AvgIpc) is 3.11. The molecule has 0 aliphatic rings. The SMILES string of the molecule is Oc1c(Cl)cc(Cl)cc1C=Nc1ccc2nc(SCc3ccc(Br)cc3)sc2c1. The largest absolute Gasteiger partial charge is 0.506 e. The van der Waals surface area contributed by atoms with Crippen LogP contribution in [0.4, 0.5) is 5.69 Å². The lowest BCUT2D eigenvalue weighted by atomic mass is 10.2. The number of benzene rings is 3. The standard InChI is InChI=1S/C21H13BrCl2N2OS2/c22-14-3-1-12(2-4-14)11-28-21-26-18-6-5-16(9-19(18)29-21)25-10-13-7-15(23)8-17(24)20(13)27/h1-10,27H,11H2. The van der Waals surface area contributed by atoms with E-state index in [0.29, 0.717) is 10.6 Å². The summed E-state index contributed by atoms with van der Waals surface area (Å²) in [6, 6.07) is 17.2. The zero-order chi connectivity index (χ0) is 20.4. The van der Waals surface area contributed by atoms with Crippen molar-refractivity contribution in [3.8, 4) is 5.75 Å². The van der Waals surface area contributed by atoms with Crippen LogP contribution in [0.5, 0.6) is 5.75 Å². The summed E-state index contributed by atoms with van der Waals surface area (Å²) in [6.07, 6.45) is 1.55. The molecule has 0 saturated carbocycles. The van der Waals surface area contributed by atoms with Crippen molar-refractivity contribution in [3.63, 3.8) is 0 Å². The van der Waals surface area contributed by atoms with E-state index in [1.165, 1.54) is 11.6 Å². The molecule has 1 N–H and O–H groups in total. The third kappa shape index (κ3) is 5.13. The highest BCUT2D eigenvalue weighted by Gasteiger charge is 2.08. The lowest BCUT2D eigenvalue weighted by Gasteiger charge is -2.02. The first kappa shape index (κ1) is 20.7. The molecule has 4 aromatic rings. The van der Waals surface area contributed by atoms with Gasteiger partial charge in [0.25, 0.3) is 0 Å². The molecule has 0 radical (unpaired) electrons. The minimum absolute atomic E-state index is 0.0367. The van der Waals surface area contributed by atoms with Gasteiger partial charge in [0.2, 0.25) is 0 Å². The van der Waals surface area contributed by atoms with Gasteiger partial charge in [-0.1, -0.05) is 63.0 Å².